The molecule has 5 nitrogen and oxygen atoms in total. The smallest absolute Gasteiger partial charge is 0.318 e. The molecule has 0 saturated heterocycles. The van der Waals surface area contributed by atoms with Crippen LogP contribution in [0.5, 0.6) is 0 Å². The van der Waals surface area contributed by atoms with Gasteiger partial charge in [-0.05, 0) is 5.56 Å². The van der Waals surface area contributed by atoms with Crippen molar-refractivity contribution >= 4 is 6.03 Å². The van der Waals surface area contributed by atoms with Gasteiger partial charge in [-0.15, -0.1) is 0 Å². The maximum absolute atomic E-state index is 12.6. The lowest BCUT2D eigenvalue weighted by Gasteiger charge is -2.22. The van der Waals surface area contributed by atoms with E-state index in [1.165, 1.54) is 6.26 Å². The molecule has 1 N–H and O–H groups in total. The topological polar surface area (TPSA) is 58.4 Å². The lowest BCUT2D eigenvalue weighted by molar-refractivity contribution is 0.0955. The molecule has 0 spiro atoms. The van der Waals surface area contributed by atoms with Crippen molar-refractivity contribution in [1.29, 1.82) is 0 Å². The van der Waals surface area contributed by atoms with Gasteiger partial charge in [0.25, 0.3) is 6.43 Å². The Morgan fingerprint density at radius 1 is 1.29 bits per heavy atom. The van der Waals surface area contributed by atoms with Gasteiger partial charge >= 0.3 is 6.03 Å². The average Bonchev–Trinajstić information content (AvgIpc) is 2.98. The summed E-state index contributed by atoms with van der Waals surface area (Å²) in [5.74, 6) is 0. The molecule has 0 aliphatic carbocycles. The van der Waals surface area contributed by atoms with Crippen LogP contribution < -0.4 is 5.32 Å². The van der Waals surface area contributed by atoms with E-state index in [-0.39, 0.29) is 13.1 Å². The number of hydrogen-bond acceptors (Lipinski definition) is 3. The predicted octanol–water partition coefficient (Wildman–Crippen LogP) is 2.65. The van der Waals surface area contributed by atoms with Crippen molar-refractivity contribution in [3.63, 3.8) is 0 Å². The SMILES string of the molecule is O=C(NCc1ccon1)N(Cc1ccccc1)CC(F)F. The molecule has 21 heavy (non-hydrogen) atoms. The molecule has 0 fully saturated rings. The van der Waals surface area contributed by atoms with Crippen LogP contribution in [-0.2, 0) is 13.1 Å². The van der Waals surface area contributed by atoms with Gasteiger partial charge in [0.2, 0.25) is 0 Å². The minimum atomic E-state index is -2.59. The largest absolute Gasteiger partial charge is 0.364 e. The van der Waals surface area contributed by atoms with E-state index in [0.29, 0.717) is 5.69 Å². The van der Waals surface area contributed by atoms with Gasteiger partial charge in [-0.1, -0.05) is 35.5 Å². The van der Waals surface area contributed by atoms with E-state index >= 15 is 0 Å². The summed E-state index contributed by atoms with van der Waals surface area (Å²) in [4.78, 5) is 13.1. The molecule has 1 aromatic carbocycles. The predicted molar refractivity (Wildman–Crippen MR) is 71.6 cm³/mol. The van der Waals surface area contributed by atoms with E-state index in [4.69, 9.17) is 0 Å². The van der Waals surface area contributed by atoms with E-state index in [9.17, 15) is 13.6 Å². The Morgan fingerprint density at radius 2 is 2.05 bits per heavy atom. The fourth-order valence-electron chi connectivity index (χ4n) is 1.80. The van der Waals surface area contributed by atoms with Crippen LogP contribution >= 0.6 is 0 Å². The Hall–Kier alpha value is -2.44. The third-order valence-electron chi connectivity index (χ3n) is 2.77. The molecule has 7 heteroatoms. The van der Waals surface area contributed by atoms with Crippen LogP contribution in [0.2, 0.25) is 0 Å². The summed E-state index contributed by atoms with van der Waals surface area (Å²) in [6.07, 6.45) is -1.21. The van der Waals surface area contributed by atoms with Crippen LogP contribution in [0.15, 0.2) is 47.2 Å². The van der Waals surface area contributed by atoms with Crippen LogP contribution in [0.25, 0.3) is 0 Å². The molecule has 0 atom stereocenters. The number of aromatic nitrogens is 1. The van der Waals surface area contributed by atoms with Crippen LogP contribution in [-0.4, -0.2) is 29.1 Å². The highest BCUT2D eigenvalue weighted by atomic mass is 19.3. The summed E-state index contributed by atoms with van der Waals surface area (Å²) < 4.78 is 29.9. The Morgan fingerprint density at radius 3 is 2.67 bits per heavy atom. The first-order valence-corrected chi connectivity index (χ1v) is 6.39. The summed E-state index contributed by atoms with van der Waals surface area (Å²) in [7, 11) is 0. The highest BCUT2D eigenvalue weighted by Crippen LogP contribution is 2.08. The molecule has 1 heterocycles. The molecule has 0 aliphatic rings. The van der Waals surface area contributed by atoms with Crippen molar-refractivity contribution in [2.24, 2.45) is 0 Å². The van der Waals surface area contributed by atoms with Gasteiger partial charge in [-0.2, -0.15) is 0 Å². The van der Waals surface area contributed by atoms with Crippen LogP contribution in [0.1, 0.15) is 11.3 Å². The third-order valence-corrected chi connectivity index (χ3v) is 2.77. The Labute approximate surface area is 120 Å². The molecule has 0 unspecified atom stereocenters. The number of rotatable bonds is 6. The summed E-state index contributed by atoms with van der Waals surface area (Å²) in [6.45, 7) is -0.376. The summed E-state index contributed by atoms with van der Waals surface area (Å²) in [5, 5.41) is 6.18. The van der Waals surface area contributed by atoms with Crippen molar-refractivity contribution in [1.82, 2.24) is 15.4 Å². The number of benzene rings is 1. The monoisotopic (exact) mass is 295 g/mol. The highest BCUT2D eigenvalue weighted by molar-refractivity contribution is 5.74. The number of halogens is 2. The molecular weight excluding hydrogens is 280 g/mol. The molecule has 0 bridgehead atoms. The lowest BCUT2D eigenvalue weighted by atomic mass is 10.2. The summed E-state index contributed by atoms with van der Waals surface area (Å²) in [5.41, 5.74) is 1.31. The van der Waals surface area contributed by atoms with Crippen molar-refractivity contribution in [2.45, 2.75) is 19.5 Å². The van der Waals surface area contributed by atoms with E-state index in [1.807, 2.05) is 6.07 Å². The Kier molecular flexibility index (Phi) is 5.25. The number of urea groups is 1. The van der Waals surface area contributed by atoms with Gasteiger partial charge in [-0.3, -0.25) is 0 Å². The second-order valence-electron chi connectivity index (χ2n) is 4.41. The fourth-order valence-corrected chi connectivity index (χ4v) is 1.80. The molecule has 2 aromatic rings. The molecule has 0 aliphatic heterocycles. The van der Waals surface area contributed by atoms with Crippen molar-refractivity contribution < 1.29 is 18.1 Å². The first-order chi connectivity index (χ1) is 10.1. The van der Waals surface area contributed by atoms with E-state index < -0.39 is 19.0 Å². The maximum Gasteiger partial charge on any atom is 0.318 e. The minimum Gasteiger partial charge on any atom is -0.364 e. The zero-order valence-electron chi connectivity index (χ0n) is 11.2. The summed E-state index contributed by atoms with van der Waals surface area (Å²) in [6, 6.07) is 10.0. The standard InChI is InChI=1S/C14H15F2N3O2/c15-13(16)10-19(9-11-4-2-1-3-5-11)14(20)17-8-12-6-7-21-18-12/h1-7,13H,8-10H2,(H,17,20). The van der Waals surface area contributed by atoms with Gasteiger partial charge in [0.15, 0.2) is 0 Å². The molecular formula is C14H15F2N3O2. The van der Waals surface area contributed by atoms with Crippen molar-refractivity contribution in [3.05, 3.63) is 53.9 Å². The quantitative estimate of drug-likeness (QED) is 0.891. The molecule has 2 amide bonds. The van der Waals surface area contributed by atoms with Crippen molar-refractivity contribution in [2.75, 3.05) is 6.54 Å². The number of carbonyl (C=O) groups excluding carboxylic acids is 1. The van der Waals surface area contributed by atoms with Gasteiger partial charge in [-0.25, -0.2) is 13.6 Å². The first kappa shape index (κ1) is 15.0. The van der Waals surface area contributed by atoms with Crippen LogP contribution in [0, 0.1) is 0 Å². The molecule has 0 saturated carbocycles. The Balaban J connectivity index is 1.95. The van der Waals surface area contributed by atoms with Gasteiger partial charge < -0.3 is 14.7 Å². The van der Waals surface area contributed by atoms with Gasteiger partial charge in [0, 0.05) is 12.6 Å². The minimum absolute atomic E-state index is 0.121. The first-order valence-electron chi connectivity index (χ1n) is 6.39. The summed E-state index contributed by atoms with van der Waals surface area (Å²) >= 11 is 0. The molecule has 112 valence electrons. The molecule has 1 aromatic heterocycles. The number of carbonyl (C=O) groups is 1. The van der Waals surface area contributed by atoms with E-state index in [0.717, 1.165) is 10.5 Å². The van der Waals surface area contributed by atoms with Crippen LogP contribution in [0.3, 0.4) is 0 Å². The van der Waals surface area contributed by atoms with Gasteiger partial charge in [0.1, 0.15) is 12.0 Å². The van der Waals surface area contributed by atoms with Crippen LogP contribution in [0.4, 0.5) is 13.6 Å². The number of hydrogen-bond donors (Lipinski definition) is 1. The highest BCUT2D eigenvalue weighted by Gasteiger charge is 2.18. The second-order valence-corrected chi connectivity index (χ2v) is 4.41. The van der Waals surface area contributed by atoms with Gasteiger partial charge in [0.05, 0.1) is 13.1 Å². The maximum atomic E-state index is 12.6. The molecule has 2 rings (SSSR count). The normalized spacial score (nSPS) is 10.6. The van der Waals surface area contributed by atoms with Crippen molar-refractivity contribution in [3.8, 4) is 0 Å². The Bertz CT molecular complexity index is 547. The fraction of sp³-hybridized carbons (Fsp3) is 0.286. The zero-order valence-corrected chi connectivity index (χ0v) is 11.2. The number of nitrogens with zero attached hydrogens (tertiary/aromatic N) is 2. The van der Waals surface area contributed by atoms with E-state index in [2.05, 4.69) is 15.0 Å². The number of alkyl halides is 2. The zero-order chi connectivity index (χ0) is 15.1. The van der Waals surface area contributed by atoms with E-state index in [1.54, 1.807) is 30.3 Å². The number of nitrogens with one attached hydrogen (secondary N) is 1. The molecule has 0 radical (unpaired) electrons. The lowest BCUT2D eigenvalue weighted by Crippen LogP contribution is -2.41. The number of amides is 2. The average molecular weight is 295 g/mol. The second kappa shape index (κ2) is 7.37. The third kappa shape index (κ3) is 4.87.